The highest BCUT2D eigenvalue weighted by atomic mass is 28.4. The van der Waals surface area contributed by atoms with Gasteiger partial charge in [-0.2, -0.15) is 0 Å². The van der Waals surface area contributed by atoms with Gasteiger partial charge < -0.3 is 22.1 Å². The van der Waals surface area contributed by atoms with Gasteiger partial charge in [0, 0.05) is 47.6 Å². The van der Waals surface area contributed by atoms with Crippen LogP contribution in [0.25, 0.3) is 0 Å². The van der Waals surface area contributed by atoms with Crippen LogP contribution in [0.3, 0.4) is 0 Å². The third-order valence-corrected chi connectivity index (χ3v) is 10.4. The van der Waals surface area contributed by atoms with Crippen molar-refractivity contribution in [3.05, 3.63) is 0 Å². The summed E-state index contributed by atoms with van der Waals surface area (Å²) >= 11 is 0. The topological polar surface area (TPSA) is 49.4 Å². The zero-order chi connectivity index (χ0) is 14.4. The second-order valence-corrected chi connectivity index (χ2v) is 11.1. The highest BCUT2D eigenvalue weighted by molar-refractivity contribution is 6.65. The quantitative estimate of drug-likeness (QED) is 0.596. The lowest BCUT2D eigenvalue weighted by atomic mass is 10.4. The number of hydrogen-bond donors (Lipinski definition) is 0. The fourth-order valence-corrected chi connectivity index (χ4v) is 7.41. The summed E-state index contributed by atoms with van der Waals surface area (Å²) < 4.78 is 30.0. The summed E-state index contributed by atoms with van der Waals surface area (Å²) in [5.74, 6) is 0. The fraction of sp³-hybridized carbons (Fsp3) is 1.00. The average Bonchev–Trinajstić information content (AvgIpc) is 2.87. The molecule has 19 heavy (non-hydrogen) atoms. The van der Waals surface area contributed by atoms with Gasteiger partial charge in [0.05, 0.1) is 0 Å². The van der Waals surface area contributed by atoms with E-state index in [4.69, 9.17) is 22.1 Å². The number of nitrogens with zero attached hydrogens (tertiary/aromatic N) is 1. The normalized spacial score (nSPS) is 20.1. The minimum Gasteiger partial charge on any atom is -0.386 e. The van der Waals surface area contributed by atoms with Crippen LogP contribution in [-0.4, -0.2) is 70.7 Å². The molecule has 1 heterocycles. The van der Waals surface area contributed by atoms with E-state index in [0.29, 0.717) is 0 Å². The monoisotopic (exact) mass is 309 g/mol. The summed E-state index contributed by atoms with van der Waals surface area (Å²) in [6.45, 7) is 1.99. The van der Waals surface area contributed by atoms with E-state index in [1.807, 2.05) is 0 Å². The first-order chi connectivity index (χ1) is 9.12. The summed E-state index contributed by atoms with van der Waals surface area (Å²) in [6, 6.07) is 1.85. The Bertz CT molecular complexity index is 253. The van der Waals surface area contributed by atoms with Crippen LogP contribution < -0.4 is 0 Å². The molecule has 0 saturated carbocycles. The van der Waals surface area contributed by atoms with Gasteiger partial charge in [0.1, 0.15) is 0 Å². The van der Waals surface area contributed by atoms with Crippen molar-refractivity contribution < 1.29 is 22.1 Å². The van der Waals surface area contributed by atoms with Crippen LogP contribution in [0.2, 0.25) is 12.1 Å². The number of rotatable bonds is 9. The zero-order valence-corrected chi connectivity index (χ0v) is 14.7. The molecular weight excluding hydrogens is 282 g/mol. The maximum absolute atomic E-state index is 5.68. The maximum atomic E-state index is 5.68. The SMILES string of the molecule is CO[Si](CCCN1CCC[Si]1(OC)OC)(OC)OC. The van der Waals surface area contributed by atoms with Crippen LogP contribution in [0.15, 0.2) is 0 Å². The van der Waals surface area contributed by atoms with E-state index in [-0.39, 0.29) is 0 Å². The van der Waals surface area contributed by atoms with Crippen LogP contribution in [0.4, 0.5) is 0 Å². The Morgan fingerprint density at radius 3 is 2.05 bits per heavy atom. The van der Waals surface area contributed by atoms with Crippen molar-refractivity contribution in [2.24, 2.45) is 0 Å². The first-order valence-electron chi connectivity index (χ1n) is 6.63. The molecule has 0 aromatic carbocycles. The van der Waals surface area contributed by atoms with Gasteiger partial charge in [-0.05, 0) is 25.9 Å². The highest BCUT2D eigenvalue weighted by Gasteiger charge is 2.47. The van der Waals surface area contributed by atoms with Gasteiger partial charge in [0.2, 0.25) is 0 Å². The predicted octanol–water partition coefficient (Wildman–Crippen LogP) is 1.19. The van der Waals surface area contributed by atoms with Crippen LogP contribution in [0.5, 0.6) is 0 Å². The summed E-state index contributed by atoms with van der Waals surface area (Å²) in [5.41, 5.74) is 0. The molecule has 8 heteroatoms. The van der Waals surface area contributed by atoms with Gasteiger partial charge in [0.25, 0.3) is 0 Å². The molecule has 1 aliphatic rings. The second kappa shape index (κ2) is 7.84. The van der Waals surface area contributed by atoms with Crippen LogP contribution in [-0.2, 0) is 22.1 Å². The van der Waals surface area contributed by atoms with E-state index in [1.165, 1.54) is 0 Å². The molecule has 0 spiro atoms. The summed E-state index contributed by atoms with van der Waals surface area (Å²) in [5, 5.41) is 0. The fourth-order valence-electron chi connectivity index (χ4n) is 2.69. The van der Waals surface area contributed by atoms with E-state index in [2.05, 4.69) is 4.57 Å². The van der Waals surface area contributed by atoms with Crippen molar-refractivity contribution in [1.29, 1.82) is 0 Å². The lowest BCUT2D eigenvalue weighted by Crippen LogP contribution is -2.53. The Morgan fingerprint density at radius 2 is 1.58 bits per heavy atom. The molecule has 1 saturated heterocycles. The molecule has 0 aliphatic carbocycles. The molecule has 0 amide bonds. The first kappa shape index (κ1) is 17.2. The Morgan fingerprint density at radius 1 is 1.00 bits per heavy atom. The number of hydrogen-bond acceptors (Lipinski definition) is 6. The third kappa shape index (κ3) is 3.85. The van der Waals surface area contributed by atoms with Crippen molar-refractivity contribution in [2.75, 3.05) is 48.6 Å². The van der Waals surface area contributed by atoms with E-state index in [1.54, 1.807) is 35.5 Å². The Kier molecular flexibility index (Phi) is 7.12. The minimum atomic E-state index is -2.45. The van der Waals surface area contributed by atoms with Gasteiger partial charge >= 0.3 is 17.5 Å². The average molecular weight is 310 g/mol. The van der Waals surface area contributed by atoms with Crippen molar-refractivity contribution >= 4 is 17.5 Å². The molecule has 1 aliphatic heterocycles. The Labute approximate surface area is 118 Å². The summed E-state index contributed by atoms with van der Waals surface area (Å²) in [4.78, 5) is 0. The molecule has 0 aromatic rings. The van der Waals surface area contributed by atoms with Crippen LogP contribution in [0.1, 0.15) is 12.8 Å². The van der Waals surface area contributed by atoms with Crippen molar-refractivity contribution in [3.8, 4) is 0 Å². The van der Waals surface area contributed by atoms with E-state index >= 15 is 0 Å². The molecule has 1 fully saturated rings. The molecule has 6 nitrogen and oxygen atoms in total. The molecule has 0 aromatic heterocycles. The minimum absolute atomic E-state index is 0.810. The van der Waals surface area contributed by atoms with Gasteiger partial charge in [-0.1, -0.05) is 0 Å². The summed E-state index contributed by atoms with van der Waals surface area (Å²) in [7, 11) is 3.91. The molecule has 0 bridgehead atoms. The maximum Gasteiger partial charge on any atom is 0.500 e. The predicted molar refractivity (Wildman–Crippen MR) is 77.0 cm³/mol. The molecule has 0 N–H and O–H groups in total. The van der Waals surface area contributed by atoms with Gasteiger partial charge in [-0.15, -0.1) is 0 Å². The second-order valence-electron chi connectivity index (χ2n) is 4.61. The zero-order valence-electron chi connectivity index (χ0n) is 12.7. The van der Waals surface area contributed by atoms with Gasteiger partial charge in [-0.25, -0.2) is 0 Å². The van der Waals surface area contributed by atoms with E-state index < -0.39 is 17.5 Å². The van der Waals surface area contributed by atoms with Crippen molar-refractivity contribution in [2.45, 2.75) is 24.9 Å². The molecule has 0 atom stereocenters. The Balaban J connectivity index is 2.48. The molecule has 0 unspecified atom stereocenters. The lowest BCUT2D eigenvalue weighted by Gasteiger charge is -2.32. The smallest absolute Gasteiger partial charge is 0.386 e. The first-order valence-corrected chi connectivity index (χ1v) is 10.5. The van der Waals surface area contributed by atoms with Crippen molar-refractivity contribution in [1.82, 2.24) is 4.57 Å². The van der Waals surface area contributed by atoms with Crippen molar-refractivity contribution in [3.63, 3.8) is 0 Å². The summed E-state index contributed by atoms with van der Waals surface area (Å²) in [6.07, 6.45) is 2.11. The standard InChI is InChI=1S/C11H27NO5Si2/c1-13-18(14-2)10-6-8-12(18)9-7-11-19(15-3,16-4)17-5/h6-11H2,1-5H3. The Hall–Kier alpha value is 0.194. The van der Waals surface area contributed by atoms with E-state index in [9.17, 15) is 0 Å². The highest BCUT2D eigenvalue weighted by Crippen LogP contribution is 2.28. The van der Waals surface area contributed by atoms with Gasteiger partial charge in [0.15, 0.2) is 0 Å². The molecule has 114 valence electrons. The lowest BCUT2D eigenvalue weighted by molar-refractivity contribution is 0.121. The molecular formula is C11H27NO5Si2. The molecule has 1 rings (SSSR count). The largest absolute Gasteiger partial charge is 0.500 e. The van der Waals surface area contributed by atoms with E-state index in [0.717, 1.165) is 38.0 Å². The third-order valence-electron chi connectivity index (χ3n) is 3.88. The van der Waals surface area contributed by atoms with Crippen LogP contribution in [0, 0.1) is 0 Å². The van der Waals surface area contributed by atoms with Gasteiger partial charge in [-0.3, -0.25) is 4.57 Å². The van der Waals surface area contributed by atoms with Crippen LogP contribution >= 0.6 is 0 Å². The molecule has 0 radical (unpaired) electrons.